The van der Waals surface area contributed by atoms with E-state index in [2.05, 4.69) is 5.32 Å². The van der Waals surface area contributed by atoms with Crippen LogP contribution in [0.1, 0.15) is 13.8 Å². The van der Waals surface area contributed by atoms with Crippen LogP contribution in [0.4, 0.5) is 21.0 Å². The second-order valence-corrected chi connectivity index (χ2v) is 9.63. The second-order valence-electron chi connectivity index (χ2n) is 9.63. The van der Waals surface area contributed by atoms with Gasteiger partial charge in [0, 0.05) is 10.8 Å². The maximum absolute atomic E-state index is 13.8. The number of urea groups is 2. The highest BCUT2D eigenvalue weighted by molar-refractivity contribution is 6.07. The van der Waals surface area contributed by atoms with Crippen molar-refractivity contribution in [2.75, 3.05) is 16.8 Å². The number of nitrogens with zero attached hydrogens (tertiary/aromatic N) is 3. The Kier molecular flexibility index (Phi) is 6.35. The Bertz CT molecular complexity index is 1540. The molecule has 0 bridgehead atoms. The van der Waals surface area contributed by atoms with Gasteiger partial charge in [0.2, 0.25) is 0 Å². The summed E-state index contributed by atoms with van der Waals surface area (Å²) in [6, 6.07) is 24.5. The number of carbonyl (C=O) groups is 3. The van der Waals surface area contributed by atoms with Gasteiger partial charge in [0.1, 0.15) is 6.54 Å². The first kappa shape index (κ1) is 25.0. The number of fused-ring (bicyclic) bond motifs is 2. The fourth-order valence-corrected chi connectivity index (χ4v) is 5.08. The van der Waals surface area contributed by atoms with Gasteiger partial charge in [0.15, 0.2) is 6.17 Å². The lowest BCUT2D eigenvalue weighted by atomic mass is 9.99. The topological polar surface area (TPSA) is 131 Å². The summed E-state index contributed by atoms with van der Waals surface area (Å²) in [5.74, 6) is 4.72. The molecule has 5 rings (SSSR count). The zero-order chi connectivity index (χ0) is 27.0. The van der Waals surface area contributed by atoms with Crippen molar-refractivity contribution in [1.82, 2.24) is 15.4 Å². The predicted molar refractivity (Wildman–Crippen MR) is 145 cm³/mol. The van der Waals surface area contributed by atoms with Crippen LogP contribution in [0.15, 0.2) is 84.9 Å². The van der Waals surface area contributed by atoms with Crippen molar-refractivity contribution in [3.63, 3.8) is 0 Å². The van der Waals surface area contributed by atoms with Crippen LogP contribution in [-0.4, -0.2) is 51.4 Å². The molecule has 0 aromatic heterocycles. The Morgan fingerprint density at radius 2 is 1.50 bits per heavy atom. The van der Waals surface area contributed by atoms with Gasteiger partial charge in [-0.2, -0.15) is 5.06 Å². The first-order valence-corrected chi connectivity index (χ1v) is 12.1. The van der Waals surface area contributed by atoms with Crippen LogP contribution in [-0.2, 0) is 4.79 Å². The molecule has 0 unspecified atom stereocenters. The summed E-state index contributed by atoms with van der Waals surface area (Å²) in [6.45, 7) is 3.00. The molecule has 1 aliphatic rings. The zero-order valence-corrected chi connectivity index (χ0v) is 21.0. The molecule has 38 heavy (non-hydrogen) atoms. The Morgan fingerprint density at radius 1 is 0.921 bits per heavy atom. The summed E-state index contributed by atoms with van der Waals surface area (Å²) in [7, 11) is 0. The third-order valence-corrected chi connectivity index (χ3v) is 6.97. The molecule has 4 aromatic carbocycles. The van der Waals surface area contributed by atoms with Crippen molar-refractivity contribution in [3.8, 4) is 0 Å². The van der Waals surface area contributed by atoms with Crippen LogP contribution in [0, 0.1) is 0 Å². The largest absolute Gasteiger partial charge is 0.347 e. The van der Waals surface area contributed by atoms with Gasteiger partial charge in [-0.3, -0.25) is 20.3 Å². The molecule has 1 fully saturated rings. The van der Waals surface area contributed by atoms with Gasteiger partial charge >= 0.3 is 12.1 Å². The number of rotatable bonds is 5. The number of amides is 5. The Labute approximate surface area is 219 Å². The summed E-state index contributed by atoms with van der Waals surface area (Å²) < 4.78 is 0. The molecule has 1 saturated heterocycles. The third-order valence-electron chi connectivity index (χ3n) is 6.97. The van der Waals surface area contributed by atoms with E-state index < -0.39 is 29.7 Å². The number of nitrogens with one attached hydrogen (secondary N) is 2. The average molecular weight is 513 g/mol. The van der Waals surface area contributed by atoms with Crippen LogP contribution in [0.25, 0.3) is 21.5 Å². The van der Waals surface area contributed by atoms with E-state index in [4.69, 9.17) is 5.84 Å². The molecule has 0 aliphatic carbocycles. The van der Waals surface area contributed by atoms with Crippen molar-refractivity contribution in [2.45, 2.75) is 25.6 Å². The Balaban J connectivity index is 1.58. The van der Waals surface area contributed by atoms with Gasteiger partial charge < -0.3 is 10.2 Å². The molecular weight excluding hydrogens is 484 g/mol. The fraction of sp³-hybridized carbons (Fsp3) is 0.179. The number of nitrogens with two attached hydrogens (primary N) is 1. The van der Waals surface area contributed by atoms with E-state index in [-0.39, 0.29) is 6.54 Å². The molecule has 10 heteroatoms. The quantitative estimate of drug-likeness (QED) is 0.137. The normalized spacial score (nSPS) is 16.6. The molecule has 1 heterocycles. The number of hydroxylamine groups is 2. The number of carbonyl (C=O) groups excluding carboxylic acids is 3. The highest BCUT2D eigenvalue weighted by atomic mass is 16.5. The van der Waals surface area contributed by atoms with Crippen LogP contribution in [0.5, 0.6) is 0 Å². The Hall–Kier alpha value is -4.67. The van der Waals surface area contributed by atoms with Crippen LogP contribution < -0.4 is 21.5 Å². The van der Waals surface area contributed by atoms with Crippen LogP contribution in [0.3, 0.4) is 0 Å². The lowest BCUT2D eigenvalue weighted by Gasteiger charge is -2.38. The molecule has 194 valence electrons. The number of hydrazine groups is 1. The molecule has 1 aliphatic heterocycles. The number of anilines is 2. The highest BCUT2D eigenvalue weighted by Crippen LogP contribution is 2.40. The summed E-state index contributed by atoms with van der Waals surface area (Å²) in [4.78, 5) is 42.2. The van der Waals surface area contributed by atoms with Crippen LogP contribution in [0.2, 0.25) is 0 Å². The van der Waals surface area contributed by atoms with Crippen LogP contribution >= 0.6 is 0 Å². The monoisotopic (exact) mass is 512 g/mol. The summed E-state index contributed by atoms with van der Waals surface area (Å²) in [6.07, 6.45) is -1.19. The third kappa shape index (κ3) is 4.15. The SMILES string of the molecule is CC1(C)[C@@H](N(O)C(=O)Nc2cccc3ccccc23)N(c2cccc3ccccc23)C(=O)N1CC(=O)NN. The molecule has 0 saturated carbocycles. The lowest BCUT2D eigenvalue weighted by Crippen LogP contribution is -2.58. The summed E-state index contributed by atoms with van der Waals surface area (Å²) in [5, 5.41) is 18.0. The first-order valence-electron chi connectivity index (χ1n) is 12.1. The molecule has 5 amide bonds. The fourth-order valence-electron chi connectivity index (χ4n) is 5.08. The number of hydrogen-bond donors (Lipinski definition) is 4. The van der Waals surface area contributed by atoms with Crippen molar-refractivity contribution >= 4 is 50.9 Å². The second kappa shape index (κ2) is 9.66. The standard InChI is InChI=1S/C28H28N6O4/c1-28(2)25(34(38)26(36)30-22-15-7-11-18-9-3-5-13-20(18)22)33(27(37)32(28)17-24(35)31-29)23-16-8-12-19-10-4-6-14-21(19)23/h3-16,25,38H,17,29H2,1-2H3,(H,30,36)(H,31,35)/t25-/m1/s1. The lowest BCUT2D eigenvalue weighted by molar-refractivity contribution is -0.124. The van der Waals surface area contributed by atoms with E-state index in [1.807, 2.05) is 66.1 Å². The predicted octanol–water partition coefficient (Wildman–Crippen LogP) is 4.25. The molecular formula is C28H28N6O4. The maximum Gasteiger partial charge on any atom is 0.347 e. The zero-order valence-electron chi connectivity index (χ0n) is 21.0. The number of hydrogen-bond acceptors (Lipinski definition) is 5. The molecule has 1 atom stereocenters. The smallest absolute Gasteiger partial charge is 0.306 e. The van der Waals surface area contributed by atoms with Gasteiger partial charge in [-0.15, -0.1) is 0 Å². The van der Waals surface area contributed by atoms with Gasteiger partial charge in [-0.05, 0) is 36.8 Å². The maximum atomic E-state index is 13.8. The van der Waals surface area contributed by atoms with Crippen molar-refractivity contribution in [3.05, 3.63) is 84.9 Å². The highest BCUT2D eigenvalue weighted by Gasteiger charge is 2.56. The molecule has 10 nitrogen and oxygen atoms in total. The van der Waals surface area contributed by atoms with Crippen molar-refractivity contribution < 1.29 is 19.6 Å². The van der Waals surface area contributed by atoms with E-state index in [9.17, 15) is 19.6 Å². The molecule has 5 N–H and O–H groups in total. The molecule has 4 aromatic rings. The minimum absolute atomic E-state index is 0.362. The minimum Gasteiger partial charge on any atom is -0.306 e. The number of benzene rings is 4. The summed E-state index contributed by atoms with van der Waals surface area (Å²) >= 11 is 0. The molecule has 0 spiro atoms. The Morgan fingerprint density at radius 3 is 2.18 bits per heavy atom. The first-order chi connectivity index (χ1) is 18.2. The van der Waals surface area contributed by atoms with Gasteiger partial charge in [0.25, 0.3) is 5.91 Å². The minimum atomic E-state index is -1.20. The average Bonchev–Trinajstić information content (AvgIpc) is 3.12. The van der Waals surface area contributed by atoms with E-state index in [0.29, 0.717) is 16.4 Å². The summed E-state index contributed by atoms with van der Waals surface area (Å²) in [5.41, 5.74) is 1.83. The molecule has 0 radical (unpaired) electrons. The van der Waals surface area contributed by atoms with E-state index in [1.165, 1.54) is 9.80 Å². The van der Waals surface area contributed by atoms with Crippen molar-refractivity contribution in [2.24, 2.45) is 5.84 Å². The van der Waals surface area contributed by atoms with E-state index >= 15 is 0 Å². The van der Waals surface area contributed by atoms with E-state index in [1.54, 1.807) is 38.1 Å². The van der Waals surface area contributed by atoms with Gasteiger partial charge in [-0.25, -0.2) is 15.4 Å². The van der Waals surface area contributed by atoms with E-state index in [0.717, 1.165) is 21.5 Å². The van der Waals surface area contributed by atoms with Gasteiger partial charge in [0.05, 0.1) is 16.9 Å². The van der Waals surface area contributed by atoms with Crippen molar-refractivity contribution in [1.29, 1.82) is 0 Å². The van der Waals surface area contributed by atoms with Gasteiger partial charge in [-0.1, -0.05) is 72.8 Å².